The minimum atomic E-state index is -1.21. The third-order valence-electron chi connectivity index (χ3n) is 4.43. The summed E-state index contributed by atoms with van der Waals surface area (Å²) in [5.74, 6) is -2.61. The van der Waals surface area contributed by atoms with E-state index in [9.17, 15) is 18.4 Å². The summed E-state index contributed by atoms with van der Waals surface area (Å²) in [6.45, 7) is 3.82. The average molecular weight is 344 g/mol. The van der Waals surface area contributed by atoms with E-state index >= 15 is 0 Å². The Kier molecular flexibility index (Phi) is 4.29. The Bertz CT molecular complexity index is 793. The Balaban J connectivity index is 1.74. The first-order chi connectivity index (χ1) is 11.8. The lowest BCUT2D eigenvalue weighted by Gasteiger charge is -2.17. The summed E-state index contributed by atoms with van der Waals surface area (Å²) in [5, 5.41) is 5.17. The lowest BCUT2D eigenvalue weighted by atomic mass is 10.0. The van der Waals surface area contributed by atoms with Crippen LogP contribution in [0.2, 0.25) is 0 Å². The summed E-state index contributed by atoms with van der Waals surface area (Å²) in [5.41, 5.74) is 1.26. The smallest absolute Gasteiger partial charge is 0.240 e. The standard InChI is InChI=1S/C19H18F2N2O2/c1-11-3-5-15(12(2)9-11)22-17(24)19(7-8-19)18(25)23-16-6-4-13(20)10-14(16)21/h3-6,9-10H,7-8H2,1-2H3,(H,22,24)(H,23,25). The van der Waals surface area contributed by atoms with Gasteiger partial charge in [-0.05, 0) is 50.5 Å². The molecule has 130 valence electrons. The van der Waals surface area contributed by atoms with Crippen molar-refractivity contribution in [1.29, 1.82) is 0 Å². The fourth-order valence-corrected chi connectivity index (χ4v) is 2.71. The largest absolute Gasteiger partial charge is 0.325 e. The van der Waals surface area contributed by atoms with Gasteiger partial charge in [0, 0.05) is 11.8 Å². The second kappa shape index (κ2) is 6.27. The van der Waals surface area contributed by atoms with Gasteiger partial charge in [-0.3, -0.25) is 9.59 Å². The first-order valence-corrected chi connectivity index (χ1v) is 7.97. The summed E-state index contributed by atoms with van der Waals surface area (Å²) in [6.07, 6.45) is 0.775. The maximum absolute atomic E-state index is 13.7. The van der Waals surface area contributed by atoms with Gasteiger partial charge in [0.2, 0.25) is 11.8 Å². The van der Waals surface area contributed by atoms with Gasteiger partial charge in [-0.2, -0.15) is 0 Å². The van der Waals surface area contributed by atoms with Crippen molar-refractivity contribution in [2.75, 3.05) is 10.6 Å². The van der Waals surface area contributed by atoms with Gasteiger partial charge >= 0.3 is 0 Å². The average Bonchev–Trinajstić information content (AvgIpc) is 3.34. The molecule has 4 nitrogen and oxygen atoms in total. The molecule has 1 aliphatic rings. The number of hydrogen-bond acceptors (Lipinski definition) is 2. The van der Waals surface area contributed by atoms with E-state index < -0.39 is 28.9 Å². The number of aryl methyl sites for hydroxylation is 2. The molecule has 25 heavy (non-hydrogen) atoms. The minimum Gasteiger partial charge on any atom is -0.325 e. The third-order valence-corrected chi connectivity index (χ3v) is 4.43. The van der Waals surface area contributed by atoms with Crippen LogP contribution in [-0.2, 0) is 9.59 Å². The second-order valence-electron chi connectivity index (χ2n) is 6.43. The lowest BCUT2D eigenvalue weighted by Crippen LogP contribution is -2.36. The van der Waals surface area contributed by atoms with E-state index in [0.717, 1.165) is 23.3 Å². The second-order valence-corrected chi connectivity index (χ2v) is 6.43. The van der Waals surface area contributed by atoms with Crippen molar-refractivity contribution in [1.82, 2.24) is 0 Å². The van der Waals surface area contributed by atoms with E-state index in [-0.39, 0.29) is 5.69 Å². The summed E-state index contributed by atoms with van der Waals surface area (Å²) >= 11 is 0. The number of anilines is 2. The molecule has 2 amide bonds. The summed E-state index contributed by atoms with van der Waals surface area (Å²) in [6, 6.07) is 8.47. The van der Waals surface area contributed by atoms with Gasteiger partial charge in [-0.25, -0.2) is 8.78 Å². The Morgan fingerprint density at radius 1 is 0.920 bits per heavy atom. The number of hydrogen-bond donors (Lipinski definition) is 2. The van der Waals surface area contributed by atoms with E-state index in [2.05, 4.69) is 10.6 Å². The van der Waals surface area contributed by atoms with Crippen LogP contribution in [0.3, 0.4) is 0 Å². The highest BCUT2D eigenvalue weighted by atomic mass is 19.1. The topological polar surface area (TPSA) is 58.2 Å². The fraction of sp³-hybridized carbons (Fsp3) is 0.263. The summed E-state index contributed by atoms with van der Waals surface area (Å²) in [4.78, 5) is 25.1. The van der Waals surface area contributed by atoms with Crippen LogP contribution < -0.4 is 10.6 Å². The maximum atomic E-state index is 13.7. The Labute approximate surface area is 144 Å². The molecule has 0 atom stereocenters. The molecule has 2 N–H and O–H groups in total. The van der Waals surface area contributed by atoms with Crippen molar-refractivity contribution in [3.63, 3.8) is 0 Å². The van der Waals surface area contributed by atoms with Gasteiger partial charge in [-0.1, -0.05) is 17.7 Å². The molecule has 1 saturated carbocycles. The number of benzene rings is 2. The maximum Gasteiger partial charge on any atom is 0.240 e. The van der Waals surface area contributed by atoms with Crippen LogP contribution >= 0.6 is 0 Å². The molecule has 1 aliphatic carbocycles. The van der Waals surface area contributed by atoms with Crippen LogP contribution in [0.5, 0.6) is 0 Å². The number of halogens is 2. The number of carbonyl (C=O) groups is 2. The zero-order valence-electron chi connectivity index (χ0n) is 14.0. The van der Waals surface area contributed by atoms with Crippen molar-refractivity contribution in [3.8, 4) is 0 Å². The molecule has 2 aromatic carbocycles. The molecule has 0 aromatic heterocycles. The normalized spacial score (nSPS) is 14.7. The molecule has 0 radical (unpaired) electrons. The zero-order chi connectivity index (χ0) is 18.2. The van der Waals surface area contributed by atoms with Gasteiger partial charge in [0.25, 0.3) is 0 Å². The monoisotopic (exact) mass is 344 g/mol. The van der Waals surface area contributed by atoms with Crippen molar-refractivity contribution < 1.29 is 18.4 Å². The van der Waals surface area contributed by atoms with Crippen LogP contribution in [0.15, 0.2) is 36.4 Å². The molecule has 6 heteroatoms. The highest BCUT2D eigenvalue weighted by Gasteiger charge is 2.56. The van der Waals surface area contributed by atoms with Crippen LogP contribution in [0.4, 0.5) is 20.2 Å². The minimum absolute atomic E-state index is 0.142. The molecular formula is C19H18F2N2O2. The third kappa shape index (κ3) is 3.38. The van der Waals surface area contributed by atoms with Crippen molar-refractivity contribution in [2.45, 2.75) is 26.7 Å². The molecule has 2 aromatic rings. The van der Waals surface area contributed by atoms with E-state index in [0.29, 0.717) is 24.6 Å². The van der Waals surface area contributed by atoms with Crippen LogP contribution in [0, 0.1) is 30.9 Å². The predicted molar refractivity (Wildman–Crippen MR) is 91.2 cm³/mol. The zero-order valence-corrected chi connectivity index (χ0v) is 14.0. The quantitative estimate of drug-likeness (QED) is 0.826. The number of amides is 2. The number of rotatable bonds is 4. The Hall–Kier alpha value is -2.76. The summed E-state index contributed by atoms with van der Waals surface area (Å²) < 4.78 is 26.7. The lowest BCUT2D eigenvalue weighted by molar-refractivity contribution is -0.131. The van der Waals surface area contributed by atoms with E-state index in [4.69, 9.17) is 0 Å². The molecule has 0 bridgehead atoms. The Morgan fingerprint density at radius 3 is 2.08 bits per heavy atom. The van der Waals surface area contributed by atoms with Crippen LogP contribution in [-0.4, -0.2) is 11.8 Å². The van der Waals surface area contributed by atoms with Crippen molar-refractivity contribution in [3.05, 3.63) is 59.2 Å². The van der Waals surface area contributed by atoms with Crippen molar-refractivity contribution >= 4 is 23.2 Å². The van der Waals surface area contributed by atoms with E-state index in [1.165, 1.54) is 0 Å². The first kappa shape index (κ1) is 17.1. The fourth-order valence-electron chi connectivity index (χ4n) is 2.71. The predicted octanol–water partition coefficient (Wildman–Crippen LogP) is 3.94. The molecule has 1 fully saturated rings. The van der Waals surface area contributed by atoms with Gasteiger partial charge in [-0.15, -0.1) is 0 Å². The van der Waals surface area contributed by atoms with E-state index in [1.54, 1.807) is 6.07 Å². The molecule has 0 unspecified atom stereocenters. The highest BCUT2D eigenvalue weighted by Crippen LogP contribution is 2.47. The van der Waals surface area contributed by atoms with Gasteiger partial charge in [0.05, 0.1) is 5.69 Å². The molecule has 3 rings (SSSR count). The molecule has 0 heterocycles. The van der Waals surface area contributed by atoms with Crippen LogP contribution in [0.1, 0.15) is 24.0 Å². The van der Waals surface area contributed by atoms with Gasteiger partial charge in [0.15, 0.2) is 0 Å². The Morgan fingerprint density at radius 2 is 1.52 bits per heavy atom. The number of nitrogens with one attached hydrogen (secondary N) is 2. The molecule has 0 aliphatic heterocycles. The van der Waals surface area contributed by atoms with Crippen molar-refractivity contribution in [2.24, 2.45) is 5.41 Å². The van der Waals surface area contributed by atoms with Gasteiger partial charge < -0.3 is 10.6 Å². The van der Waals surface area contributed by atoms with E-state index in [1.807, 2.05) is 26.0 Å². The molecule has 0 saturated heterocycles. The SMILES string of the molecule is Cc1ccc(NC(=O)C2(C(=O)Nc3ccc(F)cc3F)CC2)c(C)c1. The van der Waals surface area contributed by atoms with Gasteiger partial charge in [0.1, 0.15) is 17.0 Å². The number of carbonyl (C=O) groups excluding carboxylic acids is 2. The molecular weight excluding hydrogens is 326 g/mol. The first-order valence-electron chi connectivity index (χ1n) is 7.97. The van der Waals surface area contributed by atoms with Crippen LogP contribution in [0.25, 0.3) is 0 Å². The molecule has 0 spiro atoms. The highest BCUT2D eigenvalue weighted by molar-refractivity contribution is 6.17. The summed E-state index contributed by atoms with van der Waals surface area (Å²) in [7, 11) is 0.